The molecule has 1 aliphatic rings. The van der Waals surface area contributed by atoms with Crippen LogP contribution in [0.3, 0.4) is 0 Å². The SMILES string of the molecule is CCOC(=O)C1CCCN(C(=O)c2cc(COc3ccc(C)c(C)c3)cs2)C1. The number of likely N-dealkylation sites (tertiary alicyclic amines) is 1. The zero-order valence-electron chi connectivity index (χ0n) is 16.7. The summed E-state index contributed by atoms with van der Waals surface area (Å²) >= 11 is 1.42. The largest absolute Gasteiger partial charge is 0.489 e. The van der Waals surface area contributed by atoms with E-state index < -0.39 is 0 Å². The van der Waals surface area contributed by atoms with E-state index >= 15 is 0 Å². The van der Waals surface area contributed by atoms with Crippen LogP contribution in [0.1, 0.15) is 46.1 Å². The Hall–Kier alpha value is -2.34. The summed E-state index contributed by atoms with van der Waals surface area (Å²) < 4.78 is 11.0. The van der Waals surface area contributed by atoms with E-state index in [1.165, 1.54) is 22.5 Å². The molecule has 5 nitrogen and oxygen atoms in total. The molecule has 1 atom stereocenters. The average molecular weight is 402 g/mol. The molecule has 0 radical (unpaired) electrons. The quantitative estimate of drug-likeness (QED) is 0.675. The van der Waals surface area contributed by atoms with Gasteiger partial charge in [0.25, 0.3) is 5.91 Å². The average Bonchev–Trinajstić information content (AvgIpc) is 3.17. The zero-order valence-corrected chi connectivity index (χ0v) is 17.5. The highest BCUT2D eigenvalue weighted by molar-refractivity contribution is 7.12. The van der Waals surface area contributed by atoms with E-state index in [0.29, 0.717) is 31.2 Å². The highest BCUT2D eigenvalue weighted by Crippen LogP contribution is 2.24. The van der Waals surface area contributed by atoms with Crippen molar-refractivity contribution >= 4 is 23.2 Å². The van der Waals surface area contributed by atoms with E-state index in [-0.39, 0.29) is 17.8 Å². The van der Waals surface area contributed by atoms with Gasteiger partial charge in [0.15, 0.2) is 0 Å². The Morgan fingerprint density at radius 1 is 1.21 bits per heavy atom. The molecule has 1 aromatic heterocycles. The van der Waals surface area contributed by atoms with E-state index in [1.807, 2.05) is 29.6 Å². The van der Waals surface area contributed by atoms with Crippen molar-refractivity contribution in [3.8, 4) is 5.75 Å². The molecular formula is C22H27NO4S. The molecule has 28 heavy (non-hydrogen) atoms. The molecule has 1 aliphatic heterocycles. The Balaban J connectivity index is 1.58. The minimum absolute atomic E-state index is 0.0172. The van der Waals surface area contributed by atoms with Gasteiger partial charge in [0.1, 0.15) is 12.4 Å². The maximum Gasteiger partial charge on any atom is 0.310 e. The molecule has 0 aliphatic carbocycles. The third-order valence-electron chi connectivity index (χ3n) is 5.08. The van der Waals surface area contributed by atoms with Gasteiger partial charge in [-0.3, -0.25) is 9.59 Å². The Bertz CT molecular complexity index is 845. The van der Waals surface area contributed by atoms with Crippen molar-refractivity contribution in [1.82, 2.24) is 4.90 Å². The van der Waals surface area contributed by atoms with Crippen molar-refractivity contribution in [2.24, 2.45) is 5.92 Å². The zero-order chi connectivity index (χ0) is 20.1. The van der Waals surface area contributed by atoms with E-state index in [9.17, 15) is 9.59 Å². The van der Waals surface area contributed by atoms with Crippen LogP contribution in [0.5, 0.6) is 5.75 Å². The number of aryl methyl sites for hydroxylation is 2. The summed E-state index contributed by atoms with van der Waals surface area (Å²) in [5, 5.41) is 1.96. The number of ether oxygens (including phenoxy) is 2. The number of thiophene rings is 1. The minimum Gasteiger partial charge on any atom is -0.489 e. The fourth-order valence-corrected chi connectivity index (χ4v) is 4.17. The van der Waals surface area contributed by atoms with Crippen LogP contribution in [0.25, 0.3) is 0 Å². The fourth-order valence-electron chi connectivity index (χ4n) is 3.30. The topological polar surface area (TPSA) is 55.8 Å². The molecule has 1 fully saturated rings. The van der Waals surface area contributed by atoms with Gasteiger partial charge in [-0.05, 0) is 68.3 Å². The second-order valence-corrected chi connectivity index (χ2v) is 8.11. The number of carbonyl (C=O) groups excluding carboxylic acids is 2. The summed E-state index contributed by atoms with van der Waals surface area (Å²) in [6.07, 6.45) is 1.60. The molecule has 6 heteroatoms. The standard InChI is InChI=1S/C22H27NO4S/c1-4-26-22(25)18-6-5-9-23(12-18)21(24)20-11-17(14-28-20)13-27-19-8-7-15(2)16(3)10-19/h7-8,10-11,14,18H,4-6,9,12-13H2,1-3H3. The lowest BCUT2D eigenvalue weighted by atomic mass is 9.98. The van der Waals surface area contributed by atoms with Crippen LogP contribution in [-0.2, 0) is 16.1 Å². The van der Waals surface area contributed by atoms with Crippen molar-refractivity contribution in [2.75, 3.05) is 19.7 Å². The molecular weight excluding hydrogens is 374 g/mol. The van der Waals surface area contributed by atoms with Crippen molar-refractivity contribution in [3.63, 3.8) is 0 Å². The normalized spacial score (nSPS) is 16.7. The van der Waals surface area contributed by atoms with E-state index in [1.54, 1.807) is 11.8 Å². The summed E-state index contributed by atoms with van der Waals surface area (Å²) in [6, 6.07) is 7.92. The highest BCUT2D eigenvalue weighted by Gasteiger charge is 2.30. The van der Waals surface area contributed by atoms with E-state index in [2.05, 4.69) is 13.8 Å². The lowest BCUT2D eigenvalue weighted by Gasteiger charge is -2.31. The minimum atomic E-state index is -0.217. The van der Waals surface area contributed by atoms with Gasteiger partial charge in [0.2, 0.25) is 0 Å². The predicted molar refractivity (Wildman–Crippen MR) is 110 cm³/mol. The summed E-state index contributed by atoms with van der Waals surface area (Å²) in [5.41, 5.74) is 3.41. The van der Waals surface area contributed by atoms with Gasteiger partial charge in [-0.25, -0.2) is 0 Å². The van der Waals surface area contributed by atoms with Crippen LogP contribution < -0.4 is 4.74 Å². The second kappa shape index (κ2) is 9.24. The number of esters is 1. The van der Waals surface area contributed by atoms with Crippen LogP contribution in [0.15, 0.2) is 29.6 Å². The number of rotatable bonds is 6. The van der Waals surface area contributed by atoms with Gasteiger partial charge >= 0.3 is 5.97 Å². The molecule has 1 saturated heterocycles. The maximum atomic E-state index is 12.8. The number of nitrogens with zero attached hydrogens (tertiary/aromatic N) is 1. The number of carbonyl (C=O) groups is 2. The number of benzene rings is 1. The van der Waals surface area contributed by atoms with Crippen molar-refractivity contribution in [1.29, 1.82) is 0 Å². The van der Waals surface area contributed by atoms with Gasteiger partial charge < -0.3 is 14.4 Å². The van der Waals surface area contributed by atoms with Gasteiger partial charge in [-0.2, -0.15) is 0 Å². The monoisotopic (exact) mass is 401 g/mol. The first-order valence-electron chi connectivity index (χ1n) is 9.71. The van der Waals surface area contributed by atoms with Crippen molar-refractivity contribution in [2.45, 2.75) is 40.2 Å². The van der Waals surface area contributed by atoms with Crippen molar-refractivity contribution < 1.29 is 19.1 Å². The summed E-state index contributed by atoms with van der Waals surface area (Å²) in [6.45, 7) is 7.85. The van der Waals surface area contributed by atoms with Crippen LogP contribution in [0.2, 0.25) is 0 Å². The van der Waals surface area contributed by atoms with Crippen LogP contribution >= 0.6 is 11.3 Å². The van der Waals surface area contributed by atoms with E-state index in [4.69, 9.17) is 9.47 Å². The fraction of sp³-hybridized carbons (Fsp3) is 0.455. The molecule has 2 heterocycles. The Morgan fingerprint density at radius 2 is 2.04 bits per heavy atom. The molecule has 1 amide bonds. The second-order valence-electron chi connectivity index (χ2n) is 7.20. The molecule has 1 unspecified atom stereocenters. The van der Waals surface area contributed by atoms with Gasteiger partial charge in [-0.15, -0.1) is 11.3 Å². The number of hydrogen-bond donors (Lipinski definition) is 0. The molecule has 0 spiro atoms. The molecule has 1 aromatic carbocycles. The summed E-state index contributed by atoms with van der Waals surface area (Å²) in [4.78, 5) is 27.3. The molecule has 2 aromatic rings. The van der Waals surface area contributed by atoms with Crippen LogP contribution in [0.4, 0.5) is 0 Å². The first-order valence-corrected chi connectivity index (χ1v) is 10.6. The molecule has 150 valence electrons. The lowest BCUT2D eigenvalue weighted by Crippen LogP contribution is -2.42. The smallest absolute Gasteiger partial charge is 0.310 e. The third kappa shape index (κ3) is 4.93. The number of hydrogen-bond acceptors (Lipinski definition) is 5. The van der Waals surface area contributed by atoms with E-state index in [0.717, 1.165) is 24.2 Å². The van der Waals surface area contributed by atoms with Gasteiger partial charge in [-0.1, -0.05) is 6.07 Å². The highest BCUT2D eigenvalue weighted by atomic mass is 32.1. The molecule has 0 N–H and O–H groups in total. The first-order chi connectivity index (χ1) is 13.5. The van der Waals surface area contributed by atoms with Crippen LogP contribution in [0, 0.1) is 19.8 Å². The lowest BCUT2D eigenvalue weighted by molar-refractivity contribution is -0.149. The predicted octanol–water partition coefficient (Wildman–Crippen LogP) is 4.36. The van der Waals surface area contributed by atoms with Gasteiger partial charge in [0, 0.05) is 18.7 Å². The maximum absolute atomic E-state index is 12.8. The molecule has 3 rings (SSSR count). The van der Waals surface area contributed by atoms with Gasteiger partial charge in [0.05, 0.1) is 17.4 Å². The number of piperidine rings is 1. The van der Waals surface area contributed by atoms with Crippen LogP contribution in [-0.4, -0.2) is 36.5 Å². The summed E-state index contributed by atoms with van der Waals surface area (Å²) in [5.74, 6) is 0.394. The first kappa shape index (κ1) is 20.4. The summed E-state index contributed by atoms with van der Waals surface area (Å²) in [7, 11) is 0. The Morgan fingerprint density at radius 3 is 2.79 bits per heavy atom. The Labute approximate surface area is 170 Å². The molecule has 0 saturated carbocycles. The number of amides is 1. The van der Waals surface area contributed by atoms with Crippen molar-refractivity contribution in [3.05, 3.63) is 51.2 Å². The Kier molecular flexibility index (Phi) is 6.73. The molecule has 0 bridgehead atoms. The third-order valence-corrected chi connectivity index (χ3v) is 6.04.